The summed E-state index contributed by atoms with van der Waals surface area (Å²) in [5, 5.41) is 0. The van der Waals surface area contributed by atoms with Crippen LogP contribution in [0.4, 0.5) is 0 Å². The molecule has 2 aliphatic rings. The molecule has 0 aromatic heterocycles. The molecule has 0 amide bonds. The molecule has 0 radical (unpaired) electrons. The summed E-state index contributed by atoms with van der Waals surface area (Å²) in [5.41, 5.74) is 0. The van der Waals surface area contributed by atoms with Crippen LogP contribution in [-0.2, 0) is 14.3 Å². The number of fused-ring (bicyclic) bond motifs is 1. The van der Waals surface area contributed by atoms with Crippen LogP contribution in [0, 0.1) is 0 Å². The molecular weight excluding hydrogens is 228 g/mol. The Labute approximate surface area is 110 Å². The van der Waals surface area contributed by atoms with E-state index in [4.69, 9.17) is 9.47 Å². The van der Waals surface area contributed by atoms with E-state index in [0.29, 0.717) is 6.42 Å². The standard InChI is InChI=1S/C15H24O3/c1-2-3-4-5-8-12-9-6-7-10-13-14(17-12)11-15(16)18-13/h6-7,12-14H,2-5,8-11H2,1H3/b7-6-/t12-,13+,14+/m1/s1. The SMILES string of the molecule is CCCCCC[C@@H]1C/C=C\C[C@@H]2OC(=O)C[C@@H]2O1. The van der Waals surface area contributed by atoms with Gasteiger partial charge in [-0.15, -0.1) is 0 Å². The van der Waals surface area contributed by atoms with Gasteiger partial charge in [0.05, 0.1) is 12.5 Å². The fraction of sp³-hybridized carbons (Fsp3) is 0.800. The minimum Gasteiger partial charge on any atom is -0.459 e. The van der Waals surface area contributed by atoms with Gasteiger partial charge in [-0.3, -0.25) is 4.79 Å². The van der Waals surface area contributed by atoms with E-state index < -0.39 is 0 Å². The number of rotatable bonds is 5. The monoisotopic (exact) mass is 252 g/mol. The molecular formula is C15H24O3. The Balaban J connectivity index is 1.81. The first-order valence-corrected chi connectivity index (χ1v) is 7.29. The number of carbonyl (C=O) groups excluding carboxylic acids is 1. The summed E-state index contributed by atoms with van der Waals surface area (Å²) in [6.07, 6.45) is 12.9. The van der Waals surface area contributed by atoms with E-state index in [2.05, 4.69) is 19.1 Å². The fourth-order valence-electron chi connectivity index (χ4n) is 2.69. The molecule has 3 atom stereocenters. The molecule has 2 aliphatic heterocycles. The van der Waals surface area contributed by atoms with Crippen LogP contribution in [0.1, 0.15) is 58.3 Å². The van der Waals surface area contributed by atoms with Crippen molar-refractivity contribution in [3.05, 3.63) is 12.2 Å². The van der Waals surface area contributed by atoms with Crippen LogP contribution in [0.25, 0.3) is 0 Å². The van der Waals surface area contributed by atoms with E-state index in [0.717, 1.165) is 19.3 Å². The third-order valence-electron chi connectivity index (χ3n) is 3.75. The zero-order valence-corrected chi connectivity index (χ0v) is 11.3. The first-order chi connectivity index (χ1) is 8.79. The number of hydrogen-bond donors (Lipinski definition) is 0. The second-order valence-corrected chi connectivity index (χ2v) is 5.32. The molecule has 102 valence electrons. The maximum Gasteiger partial charge on any atom is 0.308 e. The molecule has 0 unspecified atom stereocenters. The highest BCUT2D eigenvalue weighted by atomic mass is 16.6. The molecule has 0 aliphatic carbocycles. The van der Waals surface area contributed by atoms with Gasteiger partial charge in [-0.1, -0.05) is 44.8 Å². The Bertz CT molecular complexity index is 298. The van der Waals surface area contributed by atoms with Crippen molar-refractivity contribution in [3.8, 4) is 0 Å². The third kappa shape index (κ3) is 3.84. The van der Waals surface area contributed by atoms with Crippen molar-refractivity contribution < 1.29 is 14.3 Å². The molecule has 1 saturated heterocycles. The summed E-state index contributed by atoms with van der Waals surface area (Å²) < 4.78 is 11.3. The van der Waals surface area contributed by atoms with Gasteiger partial charge in [0, 0.05) is 6.42 Å². The molecule has 0 spiro atoms. The Kier molecular flexibility index (Phi) is 5.24. The van der Waals surface area contributed by atoms with Crippen LogP contribution in [0.2, 0.25) is 0 Å². The maximum absolute atomic E-state index is 11.3. The van der Waals surface area contributed by atoms with Gasteiger partial charge in [-0.25, -0.2) is 0 Å². The van der Waals surface area contributed by atoms with Crippen LogP contribution in [0.15, 0.2) is 12.2 Å². The summed E-state index contributed by atoms with van der Waals surface area (Å²) in [6.45, 7) is 2.22. The lowest BCUT2D eigenvalue weighted by Gasteiger charge is -2.25. The van der Waals surface area contributed by atoms with Gasteiger partial charge in [0.2, 0.25) is 0 Å². The second-order valence-electron chi connectivity index (χ2n) is 5.32. The van der Waals surface area contributed by atoms with Gasteiger partial charge in [-0.05, 0) is 12.8 Å². The lowest BCUT2D eigenvalue weighted by atomic mass is 10.0. The number of hydrogen-bond acceptors (Lipinski definition) is 3. The van der Waals surface area contributed by atoms with Crippen molar-refractivity contribution in [2.75, 3.05) is 0 Å². The quantitative estimate of drug-likeness (QED) is 0.427. The Hall–Kier alpha value is -0.830. The van der Waals surface area contributed by atoms with Crippen molar-refractivity contribution in [1.29, 1.82) is 0 Å². The lowest BCUT2D eigenvalue weighted by molar-refractivity contribution is -0.142. The maximum atomic E-state index is 11.3. The number of unbranched alkanes of at least 4 members (excludes halogenated alkanes) is 3. The smallest absolute Gasteiger partial charge is 0.308 e. The summed E-state index contributed by atoms with van der Waals surface area (Å²) in [6, 6.07) is 0. The van der Waals surface area contributed by atoms with Crippen molar-refractivity contribution >= 4 is 5.97 Å². The van der Waals surface area contributed by atoms with Crippen LogP contribution in [-0.4, -0.2) is 24.3 Å². The second kappa shape index (κ2) is 6.93. The summed E-state index contributed by atoms with van der Waals surface area (Å²) in [4.78, 5) is 11.3. The lowest BCUT2D eigenvalue weighted by Crippen LogP contribution is -2.30. The molecule has 3 heteroatoms. The van der Waals surface area contributed by atoms with E-state index in [1.165, 1.54) is 25.7 Å². The van der Waals surface area contributed by atoms with Crippen molar-refractivity contribution in [3.63, 3.8) is 0 Å². The Morgan fingerprint density at radius 2 is 2.00 bits per heavy atom. The van der Waals surface area contributed by atoms with Crippen molar-refractivity contribution in [1.82, 2.24) is 0 Å². The van der Waals surface area contributed by atoms with E-state index in [1.54, 1.807) is 0 Å². The molecule has 0 aromatic carbocycles. The Morgan fingerprint density at radius 1 is 1.17 bits per heavy atom. The number of ether oxygens (including phenoxy) is 2. The van der Waals surface area contributed by atoms with Gasteiger partial charge in [0.15, 0.2) is 0 Å². The van der Waals surface area contributed by atoms with Crippen molar-refractivity contribution in [2.24, 2.45) is 0 Å². The molecule has 0 N–H and O–H groups in total. The molecule has 2 heterocycles. The van der Waals surface area contributed by atoms with Crippen LogP contribution < -0.4 is 0 Å². The van der Waals surface area contributed by atoms with E-state index in [9.17, 15) is 4.79 Å². The summed E-state index contributed by atoms with van der Waals surface area (Å²) >= 11 is 0. The third-order valence-corrected chi connectivity index (χ3v) is 3.75. The first kappa shape index (κ1) is 13.6. The summed E-state index contributed by atoms with van der Waals surface area (Å²) in [7, 11) is 0. The van der Waals surface area contributed by atoms with Crippen LogP contribution >= 0.6 is 0 Å². The normalized spacial score (nSPS) is 33.4. The molecule has 3 nitrogen and oxygen atoms in total. The van der Waals surface area contributed by atoms with E-state index >= 15 is 0 Å². The minimum atomic E-state index is -0.106. The molecule has 0 aromatic rings. The largest absolute Gasteiger partial charge is 0.459 e. The van der Waals surface area contributed by atoms with Gasteiger partial charge in [0.25, 0.3) is 0 Å². The molecule has 2 rings (SSSR count). The average Bonchev–Trinajstić information content (AvgIpc) is 2.66. The highest BCUT2D eigenvalue weighted by molar-refractivity contribution is 5.72. The highest BCUT2D eigenvalue weighted by Gasteiger charge is 2.36. The minimum absolute atomic E-state index is 0.0152. The fourth-order valence-corrected chi connectivity index (χ4v) is 2.69. The first-order valence-electron chi connectivity index (χ1n) is 7.29. The number of carbonyl (C=O) groups is 1. The average molecular weight is 252 g/mol. The zero-order valence-electron chi connectivity index (χ0n) is 11.3. The highest BCUT2D eigenvalue weighted by Crippen LogP contribution is 2.27. The molecule has 0 bridgehead atoms. The Morgan fingerprint density at radius 3 is 2.83 bits per heavy atom. The molecule has 18 heavy (non-hydrogen) atoms. The van der Waals surface area contributed by atoms with Gasteiger partial charge in [0.1, 0.15) is 12.2 Å². The van der Waals surface area contributed by atoms with Gasteiger partial charge in [-0.2, -0.15) is 0 Å². The summed E-state index contributed by atoms with van der Waals surface area (Å²) in [5.74, 6) is -0.106. The molecule has 1 fully saturated rings. The van der Waals surface area contributed by atoms with E-state index in [-0.39, 0.29) is 24.3 Å². The predicted octanol–water partition coefficient (Wildman–Crippen LogP) is 3.38. The van der Waals surface area contributed by atoms with Crippen LogP contribution in [0.5, 0.6) is 0 Å². The van der Waals surface area contributed by atoms with Crippen LogP contribution in [0.3, 0.4) is 0 Å². The zero-order chi connectivity index (χ0) is 12.8. The predicted molar refractivity (Wildman–Crippen MR) is 70.3 cm³/mol. The van der Waals surface area contributed by atoms with Gasteiger partial charge < -0.3 is 9.47 Å². The molecule has 0 saturated carbocycles. The van der Waals surface area contributed by atoms with Crippen molar-refractivity contribution in [2.45, 2.75) is 76.6 Å². The topological polar surface area (TPSA) is 35.5 Å². The van der Waals surface area contributed by atoms with E-state index in [1.807, 2.05) is 0 Å². The van der Waals surface area contributed by atoms with Gasteiger partial charge >= 0.3 is 5.97 Å². The number of esters is 1.